The van der Waals surface area contributed by atoms with Crippen LogP contribution in [0.4, 0.5) is 4.39 Å². The molecule has 1 N–H and O–H groups in total. The molecule has 2 rings (SSSR count). The molecule has 0 fully saturated rings. The lowest BCUT2D eigenvalue weighted by atomic mass is 10.1. The van der Waals surface area contributed by atoms with E-state index >= 15 is 0 Å². The molecule has 0 aliphatic rings. The molecule has 5 heteroatoms. The van der Waals surface area contributed by atoms with Gasteiger partial charge in [0.25, 0.3) is 0 Å². The molecular weight excluding hydrogens is 275 g/mol. The number of aliphatic carboxylic acids is 1. The largest absolute Gasteiger partial charge is 0.497 e. The van der Waals surface area contributed by atoms with Gasteiger partial charge in [-0.2, -0.15) is 0 Å². The molecule has 0 amide bonds. The van der Waals surface area contributed by atoms with Gasteiger partial charge in [0.15, 0.2) is 6.10 Å². The predicted molar refractivity (Wildman–Crippen MR) is 75.1 cm³/mol. The van der Waals surface area contributed by atoms with Gasteiger partial charge in [-0.25, -0.2) is 9.18 Å². The number of benzene rings is 2. The normalized spacial score (nSPS) is 11.7. The van der Waals surface area contributed by atoms with Gasteiger partial charge in [0.2, 0.25) is 0 Å². The third-order valence-electron chi connectivity index (χ3n) is 2.93. The Bertz CT molecular complexity index is 610. The summed E-state index contributed by atoms with van der Waals surface area (Å²) in [5, 5.41) is 9.25. The molecule has 21 heavy (non-hydrogen) atoms. The van der Waals surface area contributed by atoms with Crippen LogP contribution in [0.15, 0.2) is 48.5 Å². The van der Waals surface area contributed by atoms with E-state index in [1.165, 1.54) is 19.2 Å². The van der Waals surface area contributed by atoms with Crippen molar-refractivity contribution in [1.29, 1.82) is 0 Å². The van der Waals surface area contributed by atoms with Crippen LogP contribution in [-0.2, 0) is 11.2 Å². The van der Waals surface area contributed by atoms with Crippen molar-refractivity contribution in [2.75, 3.05) is 7.11 Å². The number of hydrogen-bond acceptors (Lipinski definition) is 3. The van der Waals surface area contributed by atoms with Crippen LogP contribution in [0.3, 0.4) is 0 Å². The Labute approximate surface area is 121 Å². The van der Waals surface area contributed by atoms with Gasteiger partial charge in [-0.05, 0) is 29.8 Å². The molecule has 1 atom stereocenters. The van der Waals surface area contributed by atoms with Crippen molar-refractivity contribution in [3.63, 3.8) is 0 Å². The van der Waals surface area contributed by atoms with Crippen LogP contribution < -0.4 is 9.47 Å². The number of methoxy groups -OCH3 is 1. The Morgan fingerprint density at radius 2 is 1.86 bits per heavy atom. The van der Waals surface area contributed by atoms with E-state index in [2.05, 4.69) is 0 Å². The highest BCUT2D eigenvalue weighted by atomic mass is 19.1. The number of rotatable bonds is 6. The van der Waals surface area contributed by atoms with E-state index in [-0.39, 0.29) is 12.2 Å². The first-order valence-corrected chi connectivity index (χ1v) is 6.36. The van der Waals surface area contributed by atoms with Crippen molar-refractivity contribution >= 4 is 5.97 Å². The summed E-state index contributed by atoms with van der Waals surface area (Å²) in [6.45, 7) is 0. The van der Waals surface area contributed by atoms with Crippen molar-refractivity contribution in [2.45, 2.75) is 12.5 Å². The van der Waals surface area contributed by atoms with Crippen LogP contribution in [0, 0.1) is 5.82 Å². The van der Waals surface area contributed by atoms with Gasteiger partial charge in [0.05, 0.1) is 7.11 Å². The lowest BCUT2D eigenvalue weighted by molar-refractivity contribution is -0.145. The molecule has 0 spiro atoms. The standard InChI is InChI=1S/C16H15FO4/c1-20-13-3-2-4-14(10-13)21-15(16(18)19)9-11-5-7-12(17)8-6-11/h2-8,10,15H,9H2,1H3,(H,18,19)/t15-/m0/s1. The molecule has 0 aliphatic carbocycles. The molecule has 0 unspecified atom stereocenters. The van der Waals surface area contributed by atoms with Crippen LogP contribution in [0.1, 0.15) is 5.56 Å². The molecular formula is C16H15FO4. The van der Waals surface area contributed by atoms with Crippen molar-refractivity contribution < 1.29 is 23.8 Å². The summed E-state index contributed by atoms with van der Waals surface area (Å²) in [5.41, 5.74) is 0.687. The van der Waals surface area contributed by atoms with Crippen LogP contribution >= 0.6 is 0 Å². The maximum atomic E-state index is 12.9. The first kappa shape index (κ1) is 14.8. The second-order valence-electron chi connectivity index (χ2n) is 4.45. The Balaban J connectivity index is 2.11. The van der Waals surface area contributed by atoms with E-state index in [4.69, 9.17) is 9.47 Å². The average Bonchev–Trinajstić information content (AvgIpc) is 2.49. The first-order chi connectivity index (χ1) is 10.1. The number of ether oxygens (including phenoxy) is 2. The molecule has 2 aromatic carbocycles. The Kier molecular flexibility index (Phi) is 4.77. The molecule has 0 radical (unpaired) electrons. The molecule has 0 heterocycles. The summed E-state index contributed by atoms with van der Waals surface area (Å²) in [5.74, 6) is -0.455. The fraction of sp³-hybridized carbons (Fsp3) is 0.188. The second kappa shape index (κ2) is 6.74. The van der Waals surface area contributed by atoms with Gasteiger partial charge >= 0.3 is 5.97 Å². The highest BCUT2D eigenvalue weighted by Gasteiger charge is 2.20. The summed E-state index contributed by atoms with van der Waals surface area (Å²) < 4.78 is 23.4. The molecule has 110 valence electrons. The molecule has 0 aliphatic heterocycles. The van der Waals surface area contributed by atoms with Crippen LogP contribution in [0.5, 0.6) is 11.5 Å². The monoisotopic (exact) mass is 290 g/mol. The lowest BCUT2D eigenvalue weighted by Gasteiger charge is -2.15. The van der Waals surface area contributed by atoms with E-state index in [1.54, 1.807) is 36.4 Å². The number of carboxylic acids is 1. The number of halogens is 1. The maximum absolute atomic E-state index is 12.9. The van der Waals surface area contributed by atoms with E-state index < -0.39 is 12.1 Å². The fourth-order valence-corrected chi connectivity index (χ4v) is 1.85. The van der Waals surface area contributed by atoms with Crippen molar-refractivity contribution in [1.82, 2.24) is 0 Å². The Morgan fingerprint density at radius 1 is 1.19 bits per heavy atom. The zero-order valence-corrected chi connectivity index (χ0v) is 11.5. The van der Waals surface area contributed by atoms with E-state index in [9.17, 15) is 14.3 Å². The van der Waals surface area contributed by atoms with Gasteiger partial charge in [0.1, 0.15) is 17.3 Å². The van der Waals surface area contributed by atoms with Crippen LogP contribution in [0.25, 0.3) is 0 Å². The minimum Gasteiger partial charge on any atom is -0.497 e. The molecule has 0 saturated carbocycles. The minimum absolute atomic E-state index is 0.146. The molecule has 0 saturated heterocycles. The smallest absolute Gasteiger partial charge is 0.345 e. The number of carbonyl (C=O) groups is 1. The van der Waals surface area contributed by atoms with Gasteiger partial charge in [0, 0.05) is 12.5 Å². The average molecular weight is 290 g/mol. The van der Waals surface area contributed by atoms with Crippen LogP contribution in [0.2, 0.25) is 0 Å². The van der Waals surface area contributed by atoms with E-state index in [0.717, 1.165) is 0 Å². The number of hydrogen-bond donors (Lipinski definition) is 1. The minimum atomic E-state index is -1.08. The fourth-order valence-electron chi connectivity index (χ4n) is 1.85. The molecule has 0 bridgehead atoms. The third-order valence-corrected chi connectivity index (χ3v) is 2.93. The second-order valence-corrected chi connectivity index (χ2v) is 4.45. The van der Waals surface area contributed by atoms with Gasteiger partial charge in [-0.15, -0.1) is 0 Å². The molecule has 4 nitrogen and oxygen atoms in total. The van der Waals surface area contributed by atoms with Gasteiger partial charge in [-0.3, -0.25) is 0 Å². The highest BCUT2D eigenvalue weighted by molar-refractivity contribution is 5.73. The predicted octanol–water partition coefficient (Wildman–Crippen LogP) is 2.91. The Morgan fingerprint density at radius 3 is 2.48 bits per heavy atom. The summed E-state index contributed by atoms with van der Waals surface area (Å²) in [4.78, 5) is 11.3. The van der Waals surface area contributed by atoms with Gasteiger partial charge < -0.3 is 14.6 Å². The summed E-state index contributed by atoms with van der Waals surface area (Å²) >= 11 is 0. The van der Waals surface area contributed by atoms with Crippen molar-refractivity contribution in [2.24, 2.45) is 0 Å². The Hall–Kier alpha value is -2.56. The molecule has 2 aromatic rings. The zero-order chi connectivity index (χ0) is 15.2. The topological polar surface area (TPSA) is 55.8 Å². The summed E-state index contributed by atoms with van der Waals surface area (Å²) in [7, 11) is 1.52. The van der Waals surface area contributed by atoms with Gasteiger partial charge in [-0.1, -0.05) is 18.2 Å². The van der Waals surface area contributed by atoms with Crippen molar-refractivity contribution in [3.05, 3.63) is 59.9 Å². The number of carboxylic acid groups (broad SMARTS) is 1. The zero-order valence-electron chi connectivity index (χ0n) is 11.5. The first-order valence-electron chi connectivity index (χ1n) is 6.36. The third kappa shape index (κ3) is 4.21. The SMILES string of the molecule is COc1cccc(O[C@@H](Cc2ccc(F)cc2)C(=O)O)c1. The quantitative estimate of drug-likeness (QED) is 0.888. The van der Waals surface area contributed by atoms with Crippen molar-refractivity contribution in [3.8, 4) is 11.5 Å². The molecule has 0 aromatic heterocycles. The summed E-state index contributed by atoms with van der Waals surface area (Å²) in [6.07, 6.45) is -0.908. The van der Waals surface area contributed by atoms with Crippen LogP contribution in [-0.4, -0.2) is 24.3 Å². The van der Waals surface area contributed by atoms with E-state index in [0.29, 0.717) is 17.1 Å². The summed E-state index contributed by atoms with van der Waals surface area (Å²) in [6, 6.07) is 12.4. The lowest BCUT2D eigenvalue weighted by Crippen LogP contribution is -2.29. The maximum Gasteiger partial charge on any atom is 0.345 e. The van der Waals surface area contributed by atoms with E-state index in [1.807, 2.05) is 0 Å². The highest BCUT2D eigenvalue weighted by Crippen LogP contribution is 2.21.